The lowest BCUT2D eigenvalue weighted by Gasteiger charge is -2.10. The molecule has 0 spiro atoms. The normalized spacial score (nSPS) is 11.7. The lowest BCUT2D eigenvalue weighted by molar-refractivity contribution is 0.0167. The van der Waals surface area contributed by atoms with Crippen LogP contribution < -0.4 is 5.32 Å². The van der Waals surface area contributed by atoms with Gasteiger partial charge in [-0.25, -0.2) is 23.7 Å². The predicted molar refractivity (Wildman–Crippen MR) is 101 cm³/mol. The molecule has 0 aliphatic rings. The van der Waals surface area contributed by atoms with Gasteiger partial charge in [-0.15, -0.1) is 0 Å². The smallest absolute Gasteiger partial charge is 0.273 e. The van der Waals surface area contributed by atoms with Crippen LogP contribution in [0.3, 0.4) is 0 Å². The Labute approximate surface area is 154 Å². The van der Waals surface area contributed by atoms with Crippen molar-refractivity contribution in [3.8, 4) is 22.6 Å². The fourth-order valence-electron chi connectivity index (χ4n) is 2.87. The minimum absolute atomic E-state index is 0.208. The maximum Gasteiger partial charge on any atom is 0.273 e. The van der Waals surface area contributed by atoms with Gasteiger partial charge in [-0.05, 0) is 24.3 Å². The average molecular weight is 365 g/mol. The monoisotopic (exact) mass is 365 g/mol. The number of hydrogen-bond donors (Lipinski definition) is 1. The number of aromatic nitrogens is 4. The molecule has 0 amide bonds. The maximum atomic E-state index is 13.3. The van der Waals surface area contributed by atoms with E-state index in [4.69, 9.17) is 0 Å². The van der Waals surface area contributed by atoms with E-state index < -0.39 is 5.92 Å². The average Bonchev–Trinajstić information content (AvgIpc) is 3.10. The molecule has 4 aromatic rings. The summed E-state index contributed by atoms with van der Waals surface area (Å²) in [6.07, 6.45) is 6.00. The number of anilines is 1. The first-order valence-corrected chi connectivity index (χ1v) is 8.42. The van der Waals surface area contributed by atoms with Crippen LogP contribution in [0.5, 0.6) is 0 Å². The maximum absolute atomic E-state index is 13.3. The molecule has 4 rings (SSSR count). The molecular formula is C20H17F2N5. The molecule has 0 atom stereocenters. The second kappa shape index (κ2) is 6.42. The van der Waals surface area contributed by atoms with Gasteiger partial charge in [-0.3, -0.25) is 4.40 Å². The lowest BCUT2D eigenvalue weighted by Crippen LogP contribution is -2.08. The summed E-state index contributed by atoms with van der Waals surface area (Å²) in [5.41, 5.74) is 4.24. The lowest BCUT2D eigenvalue weighted by atomic mass is 10.1. The number of alkyl halides is 2. The van der Waals surface area contributed by atoms with Crippen LogP contribution in [0.1, 0.15) is 12.5 Å². The topological polar surface area (TPSA) is 55.1 Å². The summed E-state index contributed by atoms with van der Waals surface area (Å²) < 4.78 is 28.6. The predicted octanol–water partition coefficient (Wildman–Crippen LogP) is 4.61. The molecule has 0 radical (unpaired) electrons. The van der Waals surface area contributed by atoms with Crippen LogP contribution >= 0.6 is 0 Å². The number of rotatable bonds is 4. The Bertz CT molecular complexity index is 1100. The van der Waals surface area contributed by atoms with E-state index in [1.54, 1.807) is 6.20 Å². The van der Waals surface area contributed by atoms with Crippen molar-refractivity contribution in [2.24, 2.45) is 0 Å². The number of fused-ring (bicyclic) bond motifs is 1. The molecule has 27 heavy (non-hydrogen) atoms. The van der Waals surface area contributed by atoms with Gasteiger partial charge in [-0.1, -0.05) is 12.1 Å². The molecule has 1 N–H and O–H groups in total. The van der Waals surface area contributed by atoms with Crippen LogP contribution in [0.4, 0.5) is 14.5 Å². The largest absolute Gasteiger partial charge is 0.388 e. The van der Waals surface area contributed by atoms with E-state index >= 15 is 0 Å². The van der Waals surface area contributed by atoms with Crippen molar-refractivity contribution in [2.45, 2.75) is 12.8 Å². The first-order chi connectivity index (χ1) is 13.0. The Kier molecular flexibility index (Phi) is 4.07. The van der Waals surface area contributed by atoms with Gasteiger partial charge in [0.05, 0.1) is 17.5 Å². The molecule has 0 saturated heterocycles. The number of imidazole rings is 1. The van der Waals surface area contributed by atoms with Crippen molar-refractivity contribution in [1.29, 1.82) is 0 Å². The molecule has 136 valence electrons. The number of hydrogen-bond acceptors (Lipinski definition) is 4. The number of halogens is 2. The third kappa shape index (κ3) is 3.23. The molecule has 7 heteroatoms. The van der Waals surface area contributed by atoms with Gasteiger partial charge in [0, 0.05) is 49.4 Å². The van der Waals surface area contributed by atoms with Crippen molar-refractivity contribution in [3.05, 3.63) is 66.7 Å². The molecule has 0 bridgehead atoms. The van der Waals surface area contributed by atoms with Gasteiger partial charge in [0.15, 0.2) is 5.82 Å². The van der Waals surface area contributed by atoms with Crippen LogP contribution in [0, 0.1) is 0 Å². The van der Waals surface area contributed by atoms with Crippen LogP contribution in [-0.4, -0.2) is 26.4 Å². The summed E-state index contributed by atoms with van der Waals surface area (Å²) in [6, 6.07) is 11.7. The minimum Gasteiger partial charge on any atom is -0.388 e. The first-order valence-electron chi connectivity index (χ1n) is 8.42. The quantitative estimate of drug-likeness (QED) is 0.574. The van der Waals surface area contributed by atoms with Crippen LogP contribution in [0.2, 0.25) is 0 Å². The Balaban J connectivity index is 1.72. The second-order valence-corrected chi connectivity index (χ2v) is 6.30. The van der Waals surface area contributed by atoms with Gasteiger partial charge < -0.3 is 5.32 Å². The summed E-state index contributed by atoms with van der Waals surface area (Å²) in [5, 5.41) is 3.12. The zero-order valence-corrected chi connectivity index (χ0v) is 14.8. The van der Waals surface area contributed by atoms with E-state index in [1.165, 1.54) is 0 Å². The molecular weight excluding hydrogens is 348 g/mol. The molecule has 3 heterocycles. The van der Waals surface area contributed by atoms with Gasteiger partial charge in [0.25, 0.3) is 5.92 Å². The van der Waals surface area contributed by atoms with Crippen LogP contribution in [-0.2, 0) is 5.92 Å². The summed E-state index contributed by atoms with van der Waals surface area (Å²) in [5.74, 6) is -2.57. The fraction of sp³-hybridized carbons (Fsp3) is 0.150. The Morgan fingerprint density at radius 1 is 0.963 bits per heavy atom. The zero-order chi connectivity index (χ0) is 19.0. The van der Waals surface area contributed by atoms with E-state index in [-0.39, 0.29) is 5.56 Å². The van der Waals surface area contributed by atoms with Crippen molar-refractivity contribution in [1.82, 2.24) is 19.4 Å². The molecule has 0 unspecified atom stereocenters. The third-order valence-electron chi connectivity index (χ3n) is 4.38. The summed E-state index contributed by atoms with van der Waals surface area (Å²) in [4.78, 5) is 12.6. The molecule has 0 aliphatic heterocycles. The SMILES string of the molecule is CNc1cccc(-c2cnc3cc(-c4ncc(C(C)(F)F)cn4)ccn23)c1. The van der Waals surface area contributed by atoms with E-state index in [0.717, 1.165) is 47.5 Å². The van der Waals surface area contributed by atoms with Crippen LogP contribution in [0.15, 0.2) is 61.2 Å². The molecule has 1 aromatic carbocycles. The number of nitrogens with zero attached hydrogens (tertiary/aromatic N) is 4. The second-order valence-electron chi connectivity index (χ2n) is 6.30. The highest BCUT2D eigenvalue weighted by Crippen LogP contribution is 2.28. The fourth-order valence-corrected chi connectivity index (χ4v) is 2.87. The number of benzene rings is 1. The van der Waals surface area contributed by atoms with E-state index in [9.17, 15) is 8.78 Å². The molecule has 0 fully saturated rings. The van der Waals surface area contributed by atoms with Crippen LogP contribution in [0.25, 0.3) is 28.3 Å². The molecule has 0 aliphatic carbocycles. The molecule has 5 nitrogen and oxygen atoms in total. The summed E-state index contributed by atoms with van der Waals surface area (Å²) >= 11 is 0. The van der Waals surface area contributed by atoms with Crippen molar-refractivity contribution < 1.29 is 8.78 Å². The first kappa shape index (κ1) is 17.1. The van der Waals surface area contributed by atoms with E-state index in [1.807, 2.05) is 54.0 Å². The van der Waals surface area contributed by atoms with Gasteiger partial charge in [0.2, 0.25) is 0 Å². The highest BCUT2D eigenvalue weighted by molar-refractivity contribution is 5.70. The van der Waals surface area contributed by atoms with E-state index in [2.05, 4.69) is 20.3 Å². The number of pyridine rings is 1. The highest BCUT2D eigenvalue weighted by atomic mass is 19.3. The van der Waals surface area contributed by atoms with E-state index in [0.29, 0.717) is 5.82 Å². The molecule has 0 saturated carbocycles. The third-order valence-corrected chi connectivity index (χ3v) is 4.38. The summed E-state index contributed by atoms with van der Waals surface area (Å²) in [6.45, 7) is 0.826. The molecule has 3 aromatic heterocycles. The Morgan fingerprint density at radius 2 is 1.74 bits per heavy atom. The van der Waals surface area contributed by atoms with Gasteiger partial charge >= 0.3 is 0 Å². The van der Waals surface area contributed by atoms with Crippen molar-refractivity contribution in [2.75, 3.05) is 12.4 Å². The van der Waals surface area contributed by atoms with Gasteiger partial charge in [0.1, 0.15) is 5.65 Å². The van der Waals surface area contributed by atoms with Gasteiger partial charge in [-0.2, -0.15) is 0 Å². The standard InChI is InChI=1S/C20H17F2N5/c1-20(21,22)15-10-25-19(26-11-15)14-6-7-27-17(12-24-18(27)9-14)13-4-3-5-16(8-13)23-2/h3-12,23H,1-2H3. The zero-order valence-electron chi connectivity index (χ0n) is 14.8. The van der Waals surface area contributed by atoms with Crippen molar-refractivity contribution >= 4 is 11.3 Å². The summed E-state index contributed by atoms with van der Waals surface area (Å²) in [7, 11) is 1.87. The Morgan fingerprint density at radius 3 is 2.44 bits per heavy atom. The number of nitrogens with one attached hydrogen (secondary N) is 1. The van der Waals surface area contributed by atoms with Crippen molar-refractivity contribution in [3.63, 3.8) is 0 Å². The highest BCUT2D eigenvalue weighted by Gasteiger charge is 2.25. The minimum atomic E-state index is -2.96. The Hall–Kier alpha value is -3.35.